The van der Waals surface area contributed by atoms with Crippen LogP contribution >= 0.6 is 0 Å². The Hall–Kier alpha value is -2.33. The summed E-state index contributed by atoms with van der Waals surface area (Å²) in [5.41, 5.74) is 4.09. The lowest BCUT2D eigenvalue weighted by molar-refractivity contribution is 0.170. The van der Waals surface area contributed by atoms with Crippen molar-refractivity contribution in [2.45, 2.75) is 45.1 Å². The third kappa shape index (κ3) is 6.09. The van der Waals surface area contributed by atoms with Crippen LogP contribution in [0, 0.1) is 5.92 Å². The van der Waals surface area contributed by atoms with E-state index in [9.17, 15) is 4.79 Å². The first-order chi connectivity index (χ1) is 14.8. The molecule has 2 heterocycles. The minimum atomic E-state index is 0.0961. The van der Waals surface area contributed by atoms with E-state index in [1.165, 1.54) is 42.6 Å². The molecule has 0 bridgehead atoms. The number of piperidine rings is 1. The lowest BCUT2D eigenvalue weighted by Gasteiger charge is -2.32. The predicted octanol–water partition coefficient (Wildman–Crippen LogP) is 4.49. The maximum Gasteiger partial charge on any atom is 0.317 e. The molecule has 30 heavy (non-hydrogen) atoms. The Kier molecular flexibility index (Phi) is 7.41. The van der Waals surface area contributed by atoms with Gasteiger partial charge in [0.1, 0.15) is 0 Å². The summed E-state index contributed by atoms with van der Waals surface area (Å²) in [6.45, 7) is 5.98. The van der Waals surface area contributed by atoms with Crippen molar-refractivity contribution >= 4 is 6.03 Å². The molecule has 2 aliphatic rings. The normalized spacial score (nSPS) is 17.9. The number of benzene rings is 2. The summed E-state index contributed by atoms with van der Waals surface area (Å²) in [7, 11) is 0. The van der Waals surface area contributed by atoms with E-state index in [-0.39, 0.29) is 6.03 Å². The van der Waals surface area contributed by atoms with Gasteiger partial charge in [-0.15, -0.1) is 0 Å². The molecule has 2 fully saturated rings. The summed E-state index contributed by atoms with van der Waals surface area (Å²) in [6, 6.07) is 19.7. The van der Waals surface area contributed by atoms with Crippen molar-refractivity contribution in [2.24, 2.45) is 5.92 Å². The van der Waals surface area contributed by atoms with Crippen molar-refractivity contribution < 1.29 is 4.79 Å². The zero-order valence-electron chi connectivity index (χ0n) is 18.1. The fourth-order valence-electron chi connectivity index (χ4n) is 4.72. The van der Waals surface area contributed by atoms with E-state index in [4.69, 9.17) is 0 Å². The van der Waals surface area contributed by atoms with Crippen LogP contribution in [0.5, 0.6) is 0 Å². The number of rotatable bonds is 7. The van der Waals surface area contributed by atoms with Crippen LogP contribution in [0.15, 0.2) is 54.6 Å². The molecule has 4 rings (SSSR count). The maximum atomic E-state index is 12.5. The van der Waals surface area contributed by atoms with Gasteiger partial charge in [0.05, 0.1) is 0 Å². The highest BCUT2D eigenvalue weighted by Crippen LogP contribution is 2.21. The summed E-state index contributed by atoms with van der Waals surface area (Å²) in [5, 5.41) is 3.12. The van der Waals surface area contributed by atoms with E-state index in [0.29, 0.717) is 12.5 Å². The van der Waals surface area contributed by atoms with Gasteiger partial charge in [0.25, 0.3) is 0 Å². The molecule has 0 radical (unpaired) electrons. The zero-order valence-corrected chi connectivity index (χ0v) is 18.1. The van der Waals surface area contributed by atoms with Crippen LogP contribution in [0.1, 0.15) is 42.4 Å². The Morgan fingerprint density at radius 2 is 1.50 bits per heavy atom. The van der Waals surface area contributed by atoms with Crippen LogP contribution in [0.2, 0.25) is 0 Å². The highest BCUT2D eigenvalue weighted by molar-refractivity contribution is 5.74. The van der Waals surface area contributed by atoms with Gasteiger partial charge in [-0.3, -0.25) is 4.90 Å². The van der Waals surface area contributed by atoms with Gasteiger partial charge in [0, 0.05) is 26.2 Å². The molecule has 4 heteroatoms. The number of carbonyl (C=O) groups excluding carboxylic acids is 1. The number of nitrogens with zero attached hydrogens (tertiary/aromatic N) is 2. The van der Waals surface area contributed by atoms with Crippen molar-refractivity contribution in [3.63, 3.8) is 0 Å². The average molecular weight is 406 g/mol. The van der Waals surface area contributed by atoms with Crippen LogP contribution in [0.4, 0.5) is 4.79 Å². The molecule has 160 valence electrons. The Labute approximate surface area is 181 Å². The number of amides is 2. The summed E-state index contributed by atoms with van der Waals surface area (Å²) in [6.07, 6.45) is 6.89. The van der Waals surface area contributed by atoms with Gasteiger partial charge in [-0.25, -0.2) is 4.79 Å². The standard InChI is InChI=1S/C26H35N3O/c30-26(29-18-13-24(14-19-29)20-23-6-2-1-3-7-23)27-15-12-22-8-10-25(11-9-22)21-28-16-4-5-17-28/h1-3,6-11,24H,4-5,12-21H2,(H,27,30). The third-order valence-corrected chi connectivity index (χ3v) is 6.59. The summed E-state index contributed by atoms with van der Waals surface area (Å²) in [5.74, 6) is 0.690. The topological polar surface area (TPSA) is 35.6 Å². The number of urea groups is 1. The fourth-order valence-corrected chi connectivity index (χ4v) is 4.72. The highest BCUT2D eigenvalue weighted by Gasteiger charge is 2.22. The Balaban J connectivity index is 1.14. The van der Waals surface area contributed by atoms with Gasteiger partial charge >= 0.3 is 6.03 Å². The van der Waals surface area contributed by atoms with Crippen molar-refractivity contribution in [3.05, 3.63) is 71.3 Å². The monoisotopic (exact) mass is 405 g/mol. The van der Waals surface area contributed by atoms with Crippen LogP contribution in [-0.4, -0.2) is 48.6 Å². The van der Waals surface area contributed by atoms with E-state index in [1.807, 2.05) is 4.90 Å². The molecule has 0 unspecified atom stereocenters. The minimum absolute atomic E-state index is 0.0961. The third-order valence-electron chi connectivity index (χ3n) is 6.59. The molecule has 4 nitrogen and oxygen atoms in total. The van der Waals surface area contributed by atoms with Crippen LogP contribution in [-0.2, 0) is 19.4 Å². The summed E-state index contributed by atoms with van der Waals surface area (Å²) >= 11 is 0. The van der Waals surface area contributed by atoms with Gasteiger partial charge in [-0.1, -0.05) is 54.6 Å². The lowest BCUT2D eigenvalue weighted by atomic mass is 9.90. The molecule has 2 aromatic rings. The largest absolute Gasteiger partial charge is 0.338 e. The highest BCUT2D eigenvalue weighted by atomic mass is 16.2. The Morgan fingerprint density at radius 1 is 0.833 bits per heavy atom. The van der Waals surface area contributed by atoms with Crippen molar-refractivity contribution in [3.8, 4) is 0 Å². The minimum Gasteiger partial charge on any atom is -0.338 e. The van der Waals surface area contributed by atoms with Gasteiger partial charge in [0.15, 0.2) is 0 Å². The smallest absolute Gasteiger partial charge is 0.317 e. The fraction of sp³-hybridized carbons (Fsp3) is 0.500. The van der Waals surface area contributed by atoms with Crippen LogP contribution in [0.25, 0.3) is 0 Å². The molecule has 2 aliphatic heterocycles. The number of carbonyl (C=O) groups is 1. The van der Waals surface area contributed by atoms with Crippen LogP contribution < -0.4 is 5.32 Å². The van der Waals surface area contributed by atoms with Crippen LogP contribution in [0.3, 0.4) is 0 Å². The van der Waals surface area contributed by atoms with E-state index in [2.05, 4.69) is 64.8 Å². The van der Waals surface area contributed by atoms with E-state index in [1.54, 1.807) is 0 Å². The summed E-state index contributed by atoms with van der Waals surface area (Å²) in [4.78, 5) is 17.0. The number of hydrogen-bond donors (Lipinski definition) is 1. The molecule has 0 atom stereocenters. The van der Waals surface area contributed by atoms with Gasteiger partial charge in [0.2, 0.25) is 0 Å². The second-order valence-corrected chi connectivity index (χ2v) is 8.90. The molecule has 1 N–H and O–H groups in total. The second kappa shape index (κ2) is 10.6. The van der Waals surface area contributed by atoms with Gasteiger partial charge < -0.3 is 10.2 Å². The summed E-state index contributed by atoms with van der Waals surface area (Å²) < 4.78 is 0. The predicted molar refractivity (Wildman–Crippen MR) is 122 cm³/mol. The second-order valence-electron chi connectivity index (χ2n) is 8.90. The first kappa shape index (κ1) is 20.9. The van der Waals surface area contributed by atoms with Crippen molar-refractivity contribution in [1.82, 2.24) is 15.1 Å². The van der Waals surface area contributed by atoms with Crippen molar-refractivity contribution in [1.29, 1.82) is 0 Å². The zero-order chi connectivity index (χ0) is 20.6. The Morgan fingerprint density at radius 3 is 2.20 bits per heavy atom. The van der Waals surface area contributed by atoms with Gasteiger partial charge in [-0.05, 0) is 74.2 Å². The quantitative estimate of drug-likeness (QED) is 0.737. The molecule has 2 aromatic carbocycles. The molecule has 0 saturated carbocycles. The number of hydrogen-bond acceptors (Lipinski definition) is 2. The van der Waals surface area contributed by atoms with E-state index >= 15 is 0 Å². The SMILES string of the molecule is O=C(NCCc1ccc(CN2CCCC2)cc1)N1CCC(Cc2ccccc2)CC1. The molecule has 0 aliphatic carbocycles. The molecule has 0 spiro atoms. The molecule has 0 aromatic heterocycles. The van der Waals surface area contributed by atoms with Gasteiger partial charge in [-0.2, -0.15) is 0 Å². The molecule has 2 saturated heterocycles. The molecular formula is C26H35N3O. The number of nitrogens with one attached hydrogen (secondary N) is 1. The molecular weight excluding hydrogens is 370 g/mol. The number of likely N-dealkylation sites (tertiary alicyclic amines) is 2. The van der Waals surface area contributed by atoms with Crippen molar-refractivity contribution in [2.75, 3.05) is 32.7 Å². The lowest BCUT2D eigenvalue weighted by Crippen LogP contribution is -2.45. The van der Waals surface area contributed by atoms with E-state index in [0.717, 1.165) is 45.3 Å². The first-order valence-corrected chi connectivity index (χ1v) is 11.6. The Bertz CT molecular complexity index is 776. The maximum absolute atomic E-state index is 12.5. The average Bonchev–Trinajstić information content (AvgIpc) is 3.29. The molecule has 2 amide bonds. The van der Waals surface area contributed by atoms with E-state index < -0.39 is 0 Å². The first-order valence-electron chi connectivity index (χ1n) is 11.6.